The molecule has 0 fully saturated rings. The predicted octanol–water partition coefficient (Wildman–Crippen LogP) is 5.21. The van der Waals surface area contributed by atoms with E-state index in [-0.39, 0.29) is 40.0 Å². The van der Waals surface area contributed by atoms with Gasteiger partial charge in [-0.2, -0.15) is 0 Å². The lowest BCUT2D eigenvalue weighted by molar-refractivity contribution is -0.121. The highest BCUT2D eigenvalue weighted by Crippen LogP contribution is 2.48. The van der Waals surface area contributed by atoms with E-state index < -0.39 is 5.97 Å². The zero-order valence-electron chi connectivity index (χ0n) is 18.1. The molecule has 1 heterocycles. The molecule has 1 aliphatic carbocycles. The standard InChI is InChI=1S/C25H24ClNO5/c1-25(2)12-20-23(21(28)13-25)17(14-4-7-16(32-3)8-5-14)11-22(29)27(20)15-6-9-19(26)18(10-15)24(30)31/h4-10,17H,11-13H2,1-3H3,(H,30,31). The van der Waals surface area contributed by atoms with Gasteiger partial charge >= 0.3 is 5.97 Å². The van der Waals surface area contributed by atoms with Crippen LogP contribution in [0.15, 0.2) is 53.7 Å². The summed E-state index contributed by atoms with van der Waals surface area (Å²) in [6.07, 6.45) is 1.03. The Bertz CT molecular complexity index is 1150. The van der Waals surface area contributed by atoms with Gasteiger partial charge in [-0.25, -0.2) is 4.79 Å². The number of ketones is 1. The summed E-state index contributed by atoms with van der Waals surface area (Å²) in [5.41, 5.74) is 2.14. The van der Waals surface area contributed by atoms with Gasteiger partial charge in [0, 0.05) is 35.7 Å². The largest absolute Gasteiger partial charge is 0.497 e. The van der Waals surface area contributed by atoms with E-state index in [2.05, 4.69) is 0 Å². The van der Waals surface area contributed by atoms with Crippen molar-refractivity contribution < 1.29 is 24.2 Å². The fourth-order valence-electron chi connectivity index (χ4n) is 4.65. The van der Waals surface area contributed by atoms with Crippen molar-refractivity contribution in [1.29, 1.82) is 0 Å². The highest BCUT2D eigenvalue weighted by molar-refractivity contribution is 6.33. The van der Waals surface area contributed by atoms with Crippen LogP contribution in [-0.4, -0.2) is 29.9 Å². The Morgan fingerprint density at radius 3 is 2.44 bits per heavy atom. The fraction of sp³-hybridized carbons (Fsp3) is 0.320. The second-order valence-corrected chi connectivity index (χ2v) is 9.44. The number of rotatable bonds is 4. The number of methoxy groups -OCH3 is 1. The Hall–Kier alpha value is -3.12. The molecule has 1 aliphatic heterocycles. The maximum absolute atomic E-state index is 13.4. The number of Topliss-reactive ketones (excluding diaryl/α,β-unsaturated/α-hetero) is 1. The van der Waals surface area contributed by atoms with Crippen LogP contribution in [0.25, 0.3) is 0 Å². The number of carboxylic acid groups (broad SMARTS) is 1. The second kappa shape index (κ2) is 8.10. The average molecular weight is 454 g/mol. The number of aromatic carboxylic acids is 1. The number of benzene rings is 2. The van der Waals surface area contributed by atoms with Crippen molar-refractivity contribution in [2.75, 3.05) is 12.0 Å². The van der Waals surface area contributed by atoms with Gasteiger partial charge in [0.1, 0.15) is 5.75 Å². The number of carbonyl (C=O) groups excluding carboxylic acids is 2. The van der Waals surface area contributed by atoms with E-state index in [1.54, 1.807) is 13.2 Å². The number of carbonyl (C=O) groups is 3. The average Bonchev–Trinajstić information content (AvgIpc) is 2.73. The summed E-state index contributed by atoms with van der Waals surface area (Å²) in [5, 5.41) is 9.57. The molecule has 0 spiro atoms. The molecule has 0 saturated carbocycles. The SMILES string of the molecule is COc1ccc(C2CC(=O)N(c3ccc(Cl)c(C(=O)O)c3)C3=C2C(=O)CC(C)(C)C3)cc1. The molecule has 1 amide bonds. The minimum absolute atomic E-state index is 0.0157. The summed E-state index contributed by atoms with van der Waals surface area (Å²) in [7, 11) is 1.59. The molecular weight excluding hydrogens is 430 g/mol. The summed E-state index contributed by atoms with van der Waals surface area (Å²) >= 11 is 6.04. The monoisotopic (exact) mass is 453 g/mol. The first-order chi connectivity index (χ1) is 15.1. The third-order valence-corrected chi connectivity index (χ3v) is 6.43. The van der Waals surface area contributed by atoms with Crippen molar-refractivity contribution in [3.8, 4) is 5.75 Å². The smallest absolute Gasteiger partial charge is 0.337 e. The van der Waals surface area contributed by atoms with E-state index in [4.69, 9.17) is 16.3 Å². The van der Waals surface area contributed by atoms with E-state index in [1.165, 1.54) is 17.0 Å². The number of carboxylic acids is 1. The first-order valence-electron chi connectivity index (χ1n) is 10.4. The van der Waals surface area contributed by atoms with Crippen LogP contribution >= 0.6 is 11.6 Å². The van der Waals surface area contributed by atoms with Gasteiger partial charge in [-0.15, -0.1) is 0 Å². The minimum atomic E-state index is -1.17. The van der Waals surface area contributed by atoms with Crippen LogP contribution in [0, 0.1) is 5.41 Å². The molecule has 1 unspecified atom stereocenters. The van der Waals surface area contributed by atoms with E-state index in [9.17, 15) is 19.5 Å². The molecular formula is C25H24ClNO5. The molecule has 0 saturated heterocycles. The van der Waals surface area contributed by atoms with Gasteiger partial charge in [-0.05, 0) is 47.7 Å². The molecule has 0 aromatic heterocycles. The van der Waals surface area contributed by atoms with Gasteiger partial charge in [-0.3, -0.25) is 14.5 Å². The van der Waals surface area contributed by atoms with E-state index in [0.717, 1.165) is 5.56 Å². The van der Waals surface area contributed by atoms with Crippen molar-refractivity contribution >= 4 is 34.9 Å². The normalized spacial score (nSPS) is 20.2. The minimum Gasteiger partial charge on any atom is -0.497 e. The van der Waals surface area contributed by atoms with Gasteiger partial charge in [0.25, 0.3) is 0 Å². The Morgan fingerprint density at radius 1 is 1.12 bits per heavy atom. The molecule has 2 aromatic carbocycles. The molecule has 1 atom stereocenters. The van der Waals surface area contributed by atoms with Crippen LogP contribution in [0.3, 0.4) is 0 Å². The zero-order valence-corrected chi connectivity index (χ0v) is 18.9. The van der Waals surface area contributed by atoms with Crippen LogP contribution < -0.4 is 9.64 Å². The topological polar surface area (TPSA) is 83.9 Å². The highest BCUT2D eigenvalue weighted by Gasteiger charge is 2.44. The quantitative estimate of drug-likeness (QED) is 0.686. The van der Waals surface area contributed by atoms with Crippen LogP contribution in [0.1, 0.15) is 54.9 Å². The number of allylic oxidation sites excluding steroid dienone is 2. The molecule has 0 radical (unpaired) electrons. The number of hydrogen-bond donors (Lipinski definition) is 1. The number of ether oxygens (including phenoxy) is 1. The second-order valence-electron chi connectivity index (χ2n) is 9.03. The fourth-order valence-corrected chi connectivity index (χ4v) is 4.85. The maximum Gasteiger partial charge on any atom is 0.337 e. The van der Waals surface area contributed by atoms with Gasteiger partial charge in [0.05, 0.1) is 17.7 Å². The van der Waals surface area contributed by atoms with Gasteiger partial charge < -0.3 is 9.84 Å². The Morgan fingerprint density at radius 2 is 1.81 bits per heavy atom. The lowest BCUT2D eigenvalue weighted by Gasteiger charge is -2.43. The summed E-state index contributed by atoms with van der Waals surface area (Å²) in [5.74, 6) is -0.998. The molecule has 2 aromatic rings. The molecule has 2 aliphatic rings. The van der Waals surface area contributed by atoms with Crippen molar-refractivity contribution in [2.45, 2.75) is 39.0 Å². The van der Waals surface area contributed by atoms with Crippen molar-refractivity contribution in [3.05, 3.63) is 69.9 Å². The van der Waals surface area contributed by atoms with Crippen LogP contribution in [0.5, 0.6) is 5.75 Å². The molecule has 7 heteroatoms. The number of halogens is 1. The van der Waals surface area contributed by atoms with E-state index >= 15 is 0 Å². The van der Waals surface area contributed by atoms with Gasteiger partial charge in [0.15, 0.2) is 5.78 Å². The van der Waals surface area contributed by atoms with Crippen molar-refractivity contribution in [1.82, 2.24) is 0 Å². The first-order valence-corrected chi connectivity index (χ1v) is 10.7. The molecule has 1 N–H and O–H groups in total. The third kappa shape index (κ3) is 3.91. The Labute approximate surface area is 191 Å². The maximum atomic E-state index is 13.4. The molecule has 166 valence electrons. The summed E-state index contributed by atoms with van der Waals surface area (Å²) in [6.45, 7) is 4.00. The van der Waals surface area contributed by atoms with Crippen LogP contribution in [0.2, 0.25) is 5.02 Å². The number of nitrogens with zero attached hydrogens (tertiary/aromatic N) is 1. The van der Waals surface area contributed by atoms with Gasteiger partial charge in [-0.1, -0.05) is 37.6 Å². The zero-order chi connectivity index (χ0) is 23.2. The van der Waals surface area contributed by atoms with Crippen molar-refractivity contribution in [2.24, 2.45) is 5.41 Å². The predicted molar refractivity (Wildman–Crippen MR) is 121 cm³/mol. The number of hydrogen-bond acceptors (Lipinski definition) is 4. The molecule has 4 rings (SSSR count). The van der Waals surface area contributed by atoms with Crippen molar-refractivity contribution in [3.63, 3.8) is 0 Å². The molecule has 6 nitrogen and oxygen atoms in total. The Kier molecular flexibility index (Phi) is 5.59. The van der Waals surface area contributed by atoms with E-state index in [1.807, 2.05) is 38.1 Å². The highest BCUT2D eigenvalue weighted by atomic mass is 35.5. The molecule has 0 bridgehead atoms. The third-order valence-electron chi connectivity index (χ3n) is 6.10. The summed E-state index contributed by atoms with van der Waals surface area (Å²) < 4.78 is 5.23. The lowest BCUT2D eigenvalue weighted by atomic mass is 9.69. The molecule has 32 heavy (non-hydrogen) atoms. The van der Waals surface area contributed by atoms with Crippen LogP contribution in [-0.2, 0) is 9.59 Å². The van der Waals surface area contributed by atoms with Gasteiger partial charge in [0.2, 0.25) is 5.91 Å². The number of amides is 1. The first kappa shape index (κ1) is 22.1. The Balaban J connectivity index is 1.88. The summed E-state index contributed by atoms with van der Waals surface area (Å²) in [4.78, 5) is 39.9. The number of anilines is 1. The lowest BCUT2D eigenvalue weighted by Crippen LogP contribution is -2.43. The van der Waals surface area contributed by atoms with E-state index in [0.29, 0.717) is 35.5 Å². The van der Waals surface area contributed by atoms with Crippen LogP contribution in [0.4, 0.5) is 5.69 Å². The summed E-state index contributed by atoms with van der Waals surface area (Å²) in [6, 6.07) is 11.9.